The van der Waals surface area contributed by atoms with E-state index >= 15 is 0 Å². The number of nitrogens with zero attached hydrogens (tertiary/aromatic N) is 1. The molecule has 4 rings (SSSR count). The normalized spacial score (nSPS) is 15.5. The van der Waals surface area contributed by atoms with Crippen LogP contribution in [0.5, 0.6) is 0 Å². The summed E-state index contributed by atoms with van der Waals surface area (Å²) in [4.78, 5) is 27.9. The van der Waals surface area contributed by atoms with Gasteiger partial charge in [-0.3, -0.25) is 4.79 Å². The lowest BCUT2D eigenvalue weighted by Gasteiger charge is -2.36. The molecule has 1 amide bonds. The SMILES string of the molecule is CCN1C(=S)NC(c2ccc(NC(=O)C(c3ccccc3)c3ccccc3)cc2)C(C(=O)OC)=C1C. The molecule has 1 heterocycles. The first kappa shape index (κ1) is 25.1. The van der Waals surface area contributed by atoms with Crippen LogP contribution in [0.2, 0.25) is 0 Å². The molecule has 7 heteroatoms. The minimum Gasteiger partial charge on any atom is -0.466 e. The molecule has 0 spiro atoms. The van der Waals surface area contributed by atoms with E-state index in [1.54, 1.807) is 0 Å². The molecule has 0 radical (unpaired) electrons. The first-order chi connectivity index (χ1) is 17.4. The molecule has 0 bridgehead atoms. The van der Waals surface area contributed by atoms with E-state index in [0.29, 0.717) is 22.9 Å². The predicted octanol–water partition coefficient (Wildman–Crippen LogP) is 5.16. The number of methoxy groups -OCH3 is 1. The van der Waals surface area contributed by atoms with Crippen LogP contribution < -0.4 is 10.6 Å². The predicted molar refractivity (Wildman–Crippen MR) is 145 cm³/mol. The molecule has 1 atom stereocenters. The van der Waals surface area contributed by atoms with Crippen LogP contribution in [0, 0.1) is 0 Å². The highest BCUT2D eigenvalue weighted by Gasteiger charge is 2.34. The summed E-state index contributed by atoms with van der Waals surface area (Å²) in [6.45, 7) is 4.49. The molecule has 6 nitrogen and oxygen atoms in total. The lowest BCUT2D eigenvalue weighted by molar-refractivity contribution is -0.136. The number of hydrogen-bond donors (Lipinski definition) is 2. The zero-order valence-corrected chi connectivity index (χ0v) is 21.3. The first-order valence-electron chi connectivity index (χ1n) is 11.8. The van der Waals surface area contributed by atoms with E-state index < -0.39 is 17.9 Å². The highest BCUT2D eigenvalue weighted by molar-refractivity contribution is 7.80. The third kappa shape index (κ3) is 5.16. The van der Waals surface area contributed by atoms with Gasteiger partial charge >= 0.3 is 5.97 Å². The molecule has 1 aliphatic rings. The molecular weight excluding hydrogens is 470 g/mol. The molecule has 0 aromatic heterocycles. The topological polar surface area (TPSA) is 70.7 Å². The van der Waals surface area contributed by atoms with E-state index in [2.05, 4.69) is 10.6 Å². The molecule has 184 valence electrons. The monoisotopic (exact) mass is 499 g/mol. The lowest BCUT2D eigenvalue weighted by Crippen LogP contribution is -2.47. The summed E-state index contributed by atoms with van der Waals surface area (Å²) in [5.74, 6) is -0.973. The number of anilines is 1. The van der Waals surface area contributed by atoms with Gasteiger partial charge in [0.1, 0.15) is 0 Å². The average molecular weight is 500 g/mol. The van der Waals surface area contributed by atoms with Crippen LogP contribution in [-0.4, -0.2) is 35.5 Å². The fourth-order valence-corrected chi connectivity index (χ4v) is 4.93. The van der Waals surface area contributed by atoms with Crippen molar-refractivity contribution in [2.75, 3.05) is 19.0 Å². The molecule has 0 saturated carbocycles. The Kier molecular flexibility index (Phi) is 7.80. The lowest BCUT2D eigenvalue weighted by atomic mass is 9.90. The smallest absolute Gasteiger partial charge is 0.337 e. The Hall–Kier alpha value is -3.97. The Morgan fingerprint density at radius 3 is 2.03 bits per heavy atom. The van der Waals surface area contributed by atoms with Gasteiger partial charge < -0.3 is 20.3 Å². The maximum Gasteiger partial charge on any atom is 0.337 e. The number of carbonyl (C=O) groups excluding carboxylic acids is 2. The number of allylic oxidation sites excluding steroid dienone is 1. The summed E-state index contributed by atoms with van der Waals surface area (Å²) in [7, 11) is 1.37. The highest BCUT2D eigenvalue weighted by Crippen LogP contribution is 2.32. The van der Waals surface area contributed by atoms with Gasteiger partial charge in [-0.05, 0) is 54.9 Å². The van der Waals surface area contributed by atoms with Crippen molar-refractivity contribution < 1.29 is 14.3 Å². The van der Waals surface area contributed by atoms with Gasteiger partial charge in [0.15, 0.2) is 5.11 Å². The third-order valence-electron chi connectivity index (χ3n) is 6.36. The number of esters is 1. The quantitative estimate of drug-likeness (QED) is 0.346. The van der Waals surface area contributed by atoms with Crippen LogP contribution in [0.1, 0.15) is 42.5 Å². The van der Waals surface area contributed by atoms with Gasteiger partial charge in [0.2, 0.25) is 5.91 Å². The summed E-state index contributed by atoms with van der Waals surface area (Å²) in [5.41, 5.74) is 4.62. The Morgan fingerprint density at radius 1 is 0.972 bits per heavy atom. The third-order valence-corrected chi connectivity index (χ3v) is 6.70. The van der Waals surface area contributed by atoms with E-state index in [0.717, 1.165) is 22.4 Å². The second-order valence-electron chi connectivity index (χ2n) is 8.48. The number of hydrogen-bond acceptors (Lipinski definition) is 4. The van der Waals surface area contributed by atoms with Gasteiger partial charge in [0.05, 0.1) is 24.6 Å². The molecule has 3 aromatic carbocycles. The van der Waals surface area contributed by atoms with E-state index in [1.807, 2.05) is 104 Å². The van der Waals surface area contributed by atoms with Crippen molar-refractivity contribution in [2.45, 2.75) is 25.8 Å². The zero-order valence-electron chi connectivity index (χ0n) is 20.5. The number of amides is 1. The summed E-state index contributed by atoms with van der Waals surface area (Å²) in [5, 5.41) is 6.87. The first-order valence-corrected chi connectivity index (χ1v) is 12.2. The van der Waals surface area contributed by atoms with Crippen molar-refractivity contribution in [3.8, 4) is 0 Å². The van der Waals surface area contributed by atoms with E-state index in [-0.39, 0.29) is 5.91 Å². The van der Waals surface area contributed by atoms with Crippen molar-refractivity contribution in [1.82, 2.24) is 10.2 Å². The van der Waals surface area contributed by atoms with E-state index in [1.165, 1.54) is 7.11 Å². The number of carbonyl (C=O) groups is 2. The van der Waals surface area contributed by atoms with Crippen LogP contribution in [0.4, 0.5) is 5.69 Å². The fraction of sp³-hybridized carbons (Fsp3) is 0.207. The van der Waals surface area contributed by atoms with Crippen molar-refractivity contribution in [3.05, 3.63) is 113 Å². The minimum atomic E-state index is -0.445. The van der Waals surface area contributed by atoms with Crippen LogP contribution >= 0.6 is 12.2 Å². The summed E-state index contributed by atoms with van der Waals surface area (Å²) in [6, 6.07) is 26.4. The van der Waals surface area contributed by atoms with Crippen molar-refractivity contribution >= 4 is 34.9 Å². The molecular formula is C29H29N3O3S. The molecule has 36 heavy (non-hydrogen) atoms. The van der Waals surface area contributed by atoms with Crippen LogP contribution in [0.15, 0.2) is 96.2 Å². The second kappa shape index (κ2) is 11.2. The Balaban J connectivity index is 1.60. The maximum atomic E-state index is 13.4. The fourth-order valence-electron chi connectivity index (χ4n) is 4.55. The van der Waals surface area contributed by atoms with Gasteiger partial charge in [0.25, 0.3) is 0 Å². The number of rotatable bonds is 7. The van der Waals surface area contributed by atoms with Gasteiger partial charge in [-0.2, -0.15) is 0 Å². The van der Waals surface area contributed by atoms with Crippen molar-refractivity contribution in [3.63, 3.8) is 0 Å². The van der Waals surface area contributed by atoms with Gasteiger partial charge in [0, 0.05) is 17.9 Å². The molecule has 0 aliphatic carbocycles. The highest BCUT2D eigenvalue weighted by atomic mass is 32.1. The molecule has 2 N–H and O–H groups in total. The van der Waals surface area contributed by atoms with Crippen LogP contribution in [0.25, 0.3) is 0 Å². The van der Waals surface area contributed by atoms with Crippen molar-refractivity contribution in [2.24, 2.45) is 0 Å². The minimum absolute atomic E-state index is 0.123. The molecule has 1 aliphatic heterocycles. The Bertz CT molecular complexity index is 1230. The van der Waals surface area contributed by atoms with Crippen LogP contribution in [0.3, 0.4) is 0 Å². The van der Waals surface area contributed by atoms with Crippen molar-refractivity contribution in [1.29, 1.82) is 0 Å². The summed E-state index contributed by atoms with van der Waals surface area (Å²) in [6.07, 6.45) is 0. The standard InChI is InChI=1S/C29H29N3O3S/c1-4-32-19(2)24(28(34)35-3)26(31-29(32)36)22-15-17-23(18-16-22)30-27(33)25(20-11-7-5-8-12-20)21-13-9-6-10-14-21/h5-18,25-26H,4H2,1-3H3,(H,30,33)(H,31,36). The average Bonchev–Trinajstić information content (AvgIpc) is 2.90. The van der Waals surface area contributed by atoms with E-state index in [4.69, 9.17) is 17.0 Å². The summed E-state index contributed by atoms with van der Waals surface area (Å²) >= 11 is 5.53. The van der Waals surface area contributed by atoms with Gasteiger partial charge in [-0.1, -0.05) is 72.8 Å². The maximum absolute atomic E-state index is 13.4. The molecule has 3 aromatic rings. The second-order valence-corrected chi connectivity index (χ2v) is 8.87. The number of ether oxygens (including phenoxy) is 1. The molecule has 1 unspecified atom stereocenters. The van der Waals surface area contributed by atoms with Gasteiger partial charge in [-0.25, -0.2) is 4.79 Å². The Morgan fingerprint density at radius 2 is 1.53 bits per heavy atom. The van der Waals surface area contributed by atoms with Crippen LogP contribution in [-0.2, 0) is 14.3 Å². The Labute approximate surface area is 217 Å². The number of nitrogens with one attached hydrogen (secondary N) is 2. The number of thiocarbonyl (C=S) groups is 1. The number of benzene rings is 3. The molecule has 0 fully saturated rings. The molecule has 0 saturated heterocycles. The zero-order chi connectivity index (χ0) is 25.7. The summed E-state index contributed by atoms with van der Waals surface area (Å²) < 4.78 is 5.06. The van der Waals surface area contributed by atoms with Gasteiger partial charge in [-0.15, -0.1) is 0 Å². The largest absolute Gasteiger partial charge is 0.466 e. The van der Waals surface area contributed by atoms with E-state index in [9.17, 15) is 9.59 Å².